The first-order chi connectivity index (χ1) is 12.3. The number of rotatable bonds is 5. The number of hydrogen-bond acceptors (Lipinski definition) is 5. The molecular weight excluding hydrogens is 334 g/mol. The van der Waals surface area contributed by atoms with Gasteiger partial charge in [-0.05, 0) is 18.1 Å². The Kier molecular flexibility index (Phi) is 4.22. The lowest BCUT2D eigenvalue weighted by atomic mass is 10.1. The number of benzene rings is 1. The molecule has 0 saturated heterocycles. The SMILES string of the molecule is O=C(NCCc1c[nH]c2ccccc12)c1csc(-c2cnccn2)n1. The Morgan fingerprint density at radius 1 is 1.24 bits per heavy atom. The molecule has 1 aromatic carbocycles. The van der Waals surface area contributed by atoms with Gasteiger partial charge in [-0.2, -0.15) is 0 Å². The van der Waals surface area contributed by atoms with E-state index in [1.165, 1.54) is 22.3 Å². The van der Waals surface area contributed by atoms with Gasteiger partial charge >= 0.3 is 0 Å². The van der Waals surface area contributed by atoms with Crippen LogP contribution in [0, 0.1) is 0 Å². The van der Waals surface area contributed by atoms with Crippen molar-refractivity contribution in [3.63, 3.8) is 0 Å². The second-order valence-electron chi connectivity index (χ2n) is 5.49. The van der Waals surface area contributed by atoms with Crippen molar-refractivity contribution in [3.05, 3.63) is 65.7 Å². The molecule has 3 aromatic heterocycles. The Morgan fingerprint density at radius 2 is 2.16 bits per heavy atom. The molecule has 0 aliphatic carbocycles. The molecule has 0 aliphatic rings. The van der Waals surface area contributed by atoms with Crippen LogP contribution in [0.15, 0.2) is 54.4 Å². The van der Waals surface area contributed by atoms with Gasteiger partial charge in [0.25, 0.3) is 5.91 Å². The Labute approximate surface area is 148 Å². The Balaban J connectivity index is 1.39. The number of aromatic nitrogens is 4. The fourth-order valence-electron chi connectivity index (χ4n) is 2.64. The van der Waals surface area contributed by atoms with Crippen molar-refractivity contribution in [3.8, 4) is 10.7 Å². The molecule has 6 nitrogen and oxygen atoms in total. The predicted octanol–water partition coefficient (Wildman–Crippen LogP) is 3.05. The van der Waals surface area contributed by atoms with Gasteiger partial charge in [0.1, 0.15) is 16.4 Å². The molecule has 124 valence electrons. The molecule has 0 bridgehead atoms. The quantitative estimate of drug-likeness (QED) is 0.580. The molecule has 3 heterocycles. The molecule has 0 atom stereocenters. The van der Waals surface area contributed by atoms with E-state index in [1.54, 1.807) is 24.0 Å². The highest BCUT2D eigenvalue weighted by molar-refractivity contribution is 7.13. The maximum absolute atomic E-state index is 12.3. The maximum atomic E-state index is 12.3. The number of H-pyrrole nitrogens is 1. The molecule has 0 spiro atoms. The van der Waals surface area contributed by atoms with E-state index in [9.17, 15) is 4.79 Å². The lowest BCUT2D eigenvalue weighted by molar-refractivity contribution is 0.0950. The van der Waals surface area contributed by atoms with Crippen molar-refractivity contribution < 1.29 is 4.79 Å². The number of aromatic amines is 1. The summed E-state index contributed by atoms with van der Waals surface area (Å²) in [5, 5.41) is 6.54. The Bertz CT molecular complexity index is 1010. The number of thiazole rings is 1. The van der Waals surface area contributed by atoms with Crippen LogP contribution in [0.1, 0.15) is 16.1 Å². The minimum atomic E-state index is -0.175. The third-order valence-electron chi connectivity index (χ3n) is 3.87. The van der Waals surface area contributed by atoms with E-state index in [1.807, 2.05) is 24.4 Å². The van der Waals surface area contributed by atoms with Crippen molar-refractivity contribution in [1.29, 1.82) is 0 Å². The number of carbonyl (C=O) groups is 1. The van der Waals surface area contributed by atoms with Crippen LogP contribution in [0.2, 0.25) is 0 Å². The molecule has 0 unspecified atom stereocenters. The van der Waals surface area contributed by atoms with Crippen LogP contribution >= 0.6 is 11.3 Å². The number of nitrogens with one attached hydrogen (secondary N) is 2. The minimum absolute atomic E-state index is 0.175. The summed E-state index contributed by atoms with van der Waals surface area (Å²) in [6.45, 7) is 0.554. The molecule has 0 fully saturated rings. The van der Waals surface area contributed by atoms with Gasteiger partial charge in [-0.1, -0.05) is 18.2 Å². The van der Waals surface area contributed by atoms with E-state index < -0.39 is 0 Å². The van der Waals surface area contributed by atoms with Crippen LogP contribution < -0.4 is 5.32 Å². The van der Waals surface area contributed by atoms with E-state index in [2.05, 4.69) is 31.3 Å². The average Bonchev–Trinajstić information content (AvgIpc) is 3.30. The van der Waals surface area contributed by atoms with Crippen LogP contribution in [-0.4, -0.2) is 32.4 Å². The molecule has 25 heavy (non-hydrogen) atoms. The van der Waals surface area contributed by atoms with Crippen molar-refractivity contribution in [2.45, 2.75) is 6.42 Å². The first-order valence-corrected chi connectivity index (χ1v) is 8.74. The summed E-state index contributed by atoms with van der Waals surface area (Å²) in [6.07, 6.45) is 7.60. The van der Waals surface area contributed by atoms with E-state index >= 15 is 0 Å². The van der Waals surface area contributed by atoms with Gasteiger partial charge in [0.2, 0.25) is 0 Å². The highest BCUT2D eigenvalue weighted by Gasteiger charge is 2.12. The number of hydrogen-bond donors (Lipinski definition) is 2. The van der Waals surface area contributed by atoms with Gasteiger partial charge in [0.05, 0.1) is 6.20 Å². The first-order valence-electron chi connectivity index (χ1n) is 7.86. The summed E-state index contributed by atoms with van der Waals surface area (Å²) >= 11 is 1.38. The summed E-state index contributed by atoms with van der Waals surface area (Å²) in [7, 11) is 0. The van der Waals surface area contributed by atoms with E-state index in [0.29, 0.717) is 22.9 Å². The van der Waals surface area contributed by atoms with Crippen molar-refractivity contribution in [2.24, 2.45) is 0 Å². The molecule has 1 amide bonds. The smallest absolute Gasteiger partial charge is 0.270 e. The summed E-state index contributed by atoms with van der Waals surface area (Å²) in [5.74, 6) is -0.175. The number of carbonyl (C=O) groups excluding carboxylic acids is 1. The highest BCUT2D eigenvalue weighted by atomic mass is 32.1. The van der Waals surface area contributed by atoms with Gasteiger partial charge in [-0.25, -0.2) is 4.98 Å². The molecular formula is C18H15N5OS. The average molecular weight is 349 g/mol. The lowest BCUT2D eigenvalue weighted by Crippen LogP contribution is -2.25. The molecule has 4 aromatic rings. The maximum Gasteiger partial charge on any atom is 0.270 e. The zero-order valence-corrected chi connectivity index (χ0v) is 14.1. The molecule has 0 radical (unpaired) electrons. The van der Waals surface area contributed by atoms with E-state index in [0.717, 1.165) is 11.9 Å². The van der Waals surface area contributed by atoms with E-state index in [-0.39, 0.29) is 5.91 Å². The highest BCUT2D eigenvalue weighted by Crippen LogP contribution is 2.21. The van der Waals surface area contributed by atoms with Gasteiger partial charge in [-0.15, -0.1) is 11.3 Å². The van der Waals surface area contributed by atoms with Crippen molar-refractivity contribution in [1.82, 2.24) is 25.3 Å². The number of para-hydroxylation sites is 1. The molecule has 4 rings (SSSR count). The van der Waals surface area contributed by atoms with Gasteiger partial charge in [0.15, 0.2) is 0 Å². The largest absolute Gasteiger partial charge is 0.361 e. The second-order valence-corrected chi connectivity index (χ2v) is 6.35. The van der Waals surface area contributed by atoms with Crippen molar-refractivity contribution >= 4 is 28.1 Å². The Morgan fingerprint density at radius 3 is 3.04 bits per heavy atom. The van der Waals surface area contributed by atoms with Crippen molar-refractivity contribution in [2.75, 3.05) is 6.54 Å². The number of amides is 1. The zero-order chi connectivity index (χ0) is 17.1. The minimum Gasteiger partial charge on any atom is -0.361 e. The summed E-state index contributed by atoms with van der Waals surface area (Å²) in [6, 6.07) is 8.14. The van der Waals surface area contributed by atoms with Gasteiger partial charge in [-0.3, -0.25) is 14.8 Å². The Hall–Kier alpha value is -3.06. The predicted molar refractivity (Wildman–Crippen MR) is 97.5 cm³/mol. The monoisotopic (exact) mass is 349 g/mol. The van der Waals surface area contributed by atoms with E-state index in [4.69, 9.17) is 0 Å². The fraction of sp³-hybridized carbons (Fsp3) is 0.111. The zero-order valence-electron chi connectivity index (χ0n) is 13.3. The summed E-state index contributed by atoms with van der Waals surface area (Å²) < 4.78 is 0. The normalized spacial score (nSPS) is 10.9. The molecule has 0 aliphatic heterocycles. The second kappa shape index (κ2) is 6.82. The summed E-state index contributed by atoms with van der Waals surface area (Å²) in [4.78, 5) is 28.1. The van der Waals surface area contributed by atoms with Gasteiger partial charge < -0.3 is 10.3 Å². The molecule has 0 saturated carbocycles. The van der Waals surface area contributed by atoms with Crippen LogP contribution in [0.25, 0.3) is 21.6 Å². The fourth-order valence-corrected chi connectivity index (χ4v) is 3.41. The first kappa shape index (κ1) is 15.5. The molecule has 2 N–H and O–H groups in total. The van der Waals surface area contributed by atoms with Crippen LogP contribution in [-0.2, 0) is 6.42 Å². The topological polar surface area (TPSA) is 83.6 Å². The van der Waals surface area contributed by atoms with Gasteiger partial charge in [0, 0.05) is 41.4 Å². The standard InChI is InChI=1S/C18H15N5OS/c24-17(16-11-25-18(23-16)15-10-19-7-8-20-15)21-6-5-12-9-22-14-4-2-1-3-13(12)14/h1-4,7-11,22H,5-6H2,(H,21,24). The van der Waals surface area contributed by atoms with Crippen LogP contribution in [0.5, 0.6) is 0 Å². The lowest BCUT2D eigenvalue weighted by Gasteiger charge is -2.02. The third-order valence-corrected chi connectivity index (χ3v) is 4.74. The van der Waals surface area contributed by atoms with Crippen LogP contribution in [0.4, 0.5) is 0 Å². The summed E-state index contributed by atoms with van der Waals surface area (Å²) in [5.41, 5.74) is 3.38. The molecule has 7 heteroatoms. The third kappa shape index (κ3) is 3.27. The number of fused-ring (bicyclic) bond motifs is 1. The number of nitrogens with zero attached hydrogens (tertiary/aromatic N) is 3. The van der Waals surface area contributed by atoms with Crippen LogP contribution in [0.3, 0.4) is 0 Å².